The number of carbonyl (C=O) groups is 1. The Morgan fingerprint density at radius 3 is 2.65 bits per heavy atom. The van der Waals surface area contributed by atoms with Gasteiger partial charge in [-0.1, -0.05) is 13.8 Å². The fourth-order valence-electron chi connectivity index (χ4n) is 2.42. The first-order valence-electron chi connectivity index (χ1n) is 6.61. The quantitative estimate of drug-likeness (QED) is 0.689. The maximum absolute atomic E-state index is 11.6. The summed E-state index contributed by atoms with van der Waals surface area (Å²) in [6.07, 6.45) is 3.58. The van der Waals surface area contributed by atoms with Crippen LogP contribution in [0.5, 0.6) is 0 Å². The molecule has 100 valence electrons. The normalized spacial score (nSPS) is 23.7. The van der Waals surface area contributed by atoms with Gasteiger partial charge in [-0.05, 0) is 38.6 Å². The van der Waals surface area contributed by atoms with Crippen molar-refractivity contribution in [1.29, 1.82) is 0 Å². The Morgan fingerprint density at radius 2 is 2.18 bits per heavy atom. The summed E-state index contributed by atoms with van der Waals surface area (Å²) in [5.74, 6) is 0.0904. The average Bonchev–Trinajstić information content (AvgIpc) is 2.77. The van der Waals surface area contributed by atoms with Crippen LogP contribution in [0.4, 0.5) is 0 Å². The summed E-state index contributed by atoms with van der Waals surface area (Å²) >= 11 is 0. The summed E-state index contributed by atoms with van der Waals surface area (Å²) in [5.41, 5.74) is 0. The van der Waals surface area contributed by atoms with Gasteiger partial charge < -0.3 is 15.4 Å². The smallest absolute Gasteiger partial charge is 0.323 e. The molecular weight excluding hydrogens is 216 g/mol. The van der Waals surface area contributed by atoms with Crippen molar-refractivity contribution in [3.8, 4) is 0 Å². The van der Waals surface area contributed by atoms with Gasteiger partial charge in [-0.3, -0.25) is 4.79 Å². The maximum Gasteiger partial charge on any atom is 0.323 e. The number of ether oxygens (including phenoxy) is 1. The zero-order valence-corrected chi connectivity index (χ0v) is 11.5. The van der Waals surface area contributed by atoms with E-state index in [9.17, 15) is 4.79 Å². The Bertz CT molecular complexity index is 238. The third-order valence-corrected chi connectivity index (χ3v) is 3.39. The minimum absolute atomic E-state index is 0.161. The van der Waals surface area contributed by atoms with Gasteiger partial charge in [0.2, 0.25) is 0 Å². The molecular formula is C13H26N2O2. The predicted molar refractivity (Wildman–Crippen MR) is 68.9 cm³/mol. The highest BCUT2D eigenvalue weighted by Crippen LogP contribution is 2.12. The van der Waals surface area contributed by atoms with Gasteiger partial charge in [-0.15, -0.1) is 0 Å². The van der Waals surface area contributed by atoms with Crippen molar-refractivity contribution >= 4 is 5.97 Å². The van der Waals surface area contributed by atoms with Crippen molar-refractivity contribution in [2.45, 2.75) is 58.2 Å². The number of nitrogens with one attached hydrogen (secondary N) is 2. The lowest BCUT2D eigenvalue weighted by Gasteiger charge is -2.26. The fraction of sp³-hybridized carbons (Fsp3) is 0.923. The van der Waals surface area contributed by atoms with Gasteiger partial charge >= 0.3 is 5.97 Å². The van der Waals surface area contributed by atoms with Gasteiger partial charge in [0.1, 0.15) is 6.04 Å². The Balaban J connectivity index is 2.39. The average molecular weight is 242 g/mol. The molecule has 2 N–H and O–H groups in total. The molecule has 0 aliphatic carbocycles. The van der Waals surface area contributed by atoms with E-state index in [1.165, 1.54) is 20.0 Å². The van der Waals surface area contributed by atoms with Crippen LogP contribution in [0.2, 0.25) is 0 Å². The maximum atomic E-state index is 11.6. The zero-order valence-electron chi connectivity index (χ0n) is 11.5. The summed E-state index contributed by atoms with van der Waals surface area (Å²) in [7, 11) is 1.45. The monoisotopic (exact) mass is 242 g/mol. The molecule has 0 aromatic heterocycles. The van der Waals surface area contributed by atoms with Crippen LogP contribution in [-0.4, -0.2) is 37.7 Å². The molecule has 0 aromatic carbocycles. The molecule has 1 saturated heterocycles. The number of methoxy groups -OCH3 is 1. The molecule has 1 fully saturated rings. The van der Waals surface area contributed by atoms with Gasteiger partial charge in [0, 0.05) is 12.1 Å². The third kappa shape index (κ3) is 4.64. The molecule has 1 heterocycles. The molecule has 0 bridgehead atoms. The van der Waals surface area contributed by atoms with Crippen molar-refractivity contribution in [3.63, 3.8) is 0 Å². The van der Waals surface area contributed by atoms with Crippen molar-refractivity contribution in [2.24, 2.45) is 5.92 Å². The van der Waals surface area contributed by atoms with E-state index < -0.39 is 0 Å². The van der Waals surface area contributed by atoms with Crippen molar-refractivity contribution in [2.75, 3.05) is 13.7 Å². The fourth-order valence-corrected chi connectivity index (χ4v) is 2.42. The van der Waals surface area contributed by atoms with E-state index in [4.69, 9.17) is 4.74 Å². The van der Waals surface area contributed by atoms with Crippen molar-refractivity contribution in [3.05, 3.63) is 0 Å². The largest absolute Gasteiger partial charge is 0.468 e. The SMILES string of the molecule is COC(=O)C(NC(C)CC1CCCN1)C(C)C. The summed E-state index contributed by atoms with van der Waals surface area (Å²) in [5, 5.41) is 6.86. The molecule has 4 nitrogen and oxygen atoms in total. The Morgan fingerprint density at radius 1 is 1.47 bits per heavy atom. The second kappa shape index (κ2) is 6.97. The minimum Gasteiger partial charge on any atom is -0.468 e. The van der Waals surface area contributed by atoms with E-state index in [1.54, 1.807) is 0 Å². The number of rotatable bonds is 6. The first-order chi connectivity index (χ1) is 8.04. The predicted octanol–water partition coefficient (Wildman–Crippen LogP) is 1.30. The molecule has 3 unspecified atom stereocenters. The number of esters is 1. The first kappa shape index (κ1) is 14.5. The molecule has 0 saturated carbocycles. The van der Waals surface area contributed by atoms with Gasteiger partial charge in [0.25, 0.3) is 0 Å². The lowest BCUT2D eigenvalue weighted by molar-refractivity contribution is -0.144. The topological polar surface area (TPSA) is 50.4 Å². The molecule has 1 aliphatic heterocycles. The van der Waals surface area contributed by atoms with Gasteiger partial charge in [-0.2, -0.15) is 0 Å². The highest BCUT2D eigenvalue weighted by molar-refractivity contribution is 5.75. The van der Waals surface area contributed by atoms with Crippen LogP contribution in [0.1, 0.15) is 40.0 Å². The standard InChI is InChI=1S/C13H26N2O2/c1-9(2)12(13(16)17-4)15-10(3)8-11-6-5-7-14-11/h9-12,14-15H,5-8H2,1-4H3. The van der Waals surface area contributed by atoms with Gasteiger partial charge in [0.05, 0.1) is 7.11 Å². The highest BCUT2D eigenvalue weighted by Gasteiger charge is 2.26. The van der Waals surface area contributed by atoms with Crippen molar-refractivity contribution in [1.82, 2.24) is 10.6 Å². The van der Waals surface area contributed by atoms with E-state index in [-0.39, 0.29) is 17.9 Å². The Hall–Kier alpha value is -0.610. The summed E-state index contributed by atoms with van der Waals surface area (Å²) < 4.78 is 4.83. The van der Waals surface area contributed by atoms with Crippen LogP contribution in [0.15, 0.2) is 0 Å². The van der Waals surface area contributed by atoms with Crippen LogP contribution in [0.3, 0.4) is 0 Å². The van der Waals surface area contributed by atoms with E-state index in [0.29, 0.717) is 12.1 Å². The zero-order chi connectivity index (χ0) is 12.8. The van der Waals surface area contributed by atoms with Gasteiger partial charge in [0.15, 0.2) is 0 Å². The second-order valence-corrected chi connectivity index (χ2v) is 5.34. The summed E-state index contributed by atoms with van der Waals surface area (Å²) in [6.45, 7) is 7.34. The molecule has 0 radical (unpaired) electrons. The molecule has 1 aliphatic rings. The Kier molecular flexibility index (Phi) is 5.92. The molecule has 0 amide bonds. The van der Waals surface area contributed by atoms with Crippen molar-refractivity contribution < 1.29 is 9.53 Å². The van der Waals surface area contributed by atoms with Crippen LogP contribution in [-0.2, 0) is 9.53 Å². The van der Waals surface area contributed by atoms with Crippen LogP contribution in [0.25, 0.3) is 0 Å². The van der Waals surface area contributed by atoms with Crippen LogP contribution in [0, 0.1) is 5.92 Å². The number of hydrogen-bond acceptors (Lipinski definition) is 4. The molecule has 3 atom stereocenters. The second-order valence-electron chi connectivity index (χ2n) is 5.34. The summed E-state index contributed by atoms with van der Waals surface area (Å²) in [6, 6.07) is 0.733. The highest BCUT2D eigenvalue weighted by atomic mass is 16.5. The van der Waals surface area contributed by atoms with E-state index in [2.05, 4.69) is 17.6 Å². The molecule has 1 rings (SSSR count). The number of hydrogen-bond donors (Lipinski definition) is 2. The first-order valence-corrected chi connectivity index (χ1v) is 6.61. The molecule has 4 heteroatoms. The summed E-state index contributed by atoms with van der Waals surface area (Å²) in [4.78, 5) is 11.6. The van der Waals surface area contributed by atoms with Crippen LogP contribution < -0.4 is 10.6 Å². The van der Waals surface area contributed by atoms with E-state index in [0.717, 1.165) is 13.0 Å². The molecule has 17 heavy (non-hydrogen) atoms. The third-order valence-electron chi connectivity index (χ3n) is 3.39. The number of carbonyl (C=O) groups excluding carboxylic acids is 1. The Labute approximate surface area is 104 Å². The minimum atomic E-state index is -0.198. The lowest BCUT2D eigenvalue weighted by Crippen LogP contribution is -2.47. The molecule has 0 aromatic rings. The van der Waals surface area contributed by atoms with Crippen LogP contribution >= 0.6 is 0 Å². The lowest BCUT2D eigenvalue weighted by atomic mass is 10.0. The van der Waals surface area contributed by atoms with E-state index >= 15 is 0 Å². The molecule has 0 spiro atoms. The van der Waals surface area contributed by atoms with E-state index in [1.807, 2.05) is 13.8 Å². The van der Waals surface area contributed by atoms with Gasteiger partial charge in [-0.25, -0.2) is 0 Å².